The number of benzene rings is 3. The SMILES string of the molecule is C(=N/Oc1ncnc2ccccc12)/c1ccc(OCc2ccccc2)cc1. The Morgan fingerprint density at radius 3 is 2.44 bits per heavy atom. The Hall–Kier alpha value is -3.73. The lowest BCUT2D eigenvalue weighted by atomic mass is 10.2. The average molecular weight is 355 g/mol. The monoisotopic (exact) mass is 355 g/mol. The topological polar surface area (TPSA) is 56.6 Å². The van der Waals surface area contributed by atoms with E-state index < -0.39 is 0 Å². The molecule has 0 unspecified atom stereocenters. The van der Waals surface area contributed by atoms with E-state index in [1.807, 2.05) is 78.9 Å². The molecule has 0 aliphatic heterocycles. The zero-order valence-electron chi connectivity index (χ0n) is 14.5. The van der Waals surface area contributed by atoms with Gasteiger partial charge in [0.05, 0.1) is 17.1 Å². The van der Waals surface area contributed by atoms with Gasteiger partial charge in [-0.15, -0.1) is 0 Å². The van der Waals surface area contributed by atoms with Crippen LogP contribution >= 0.6 is 0 Å². The second-order valence-corrected chi connectivity index (χ2v) is 5.87. The van der Waals surface area contributed by atoms with Gasteiger partial charge in [-0.25, -0.2) is 4.98 Å². The molecule has 4 aromatic rings. The maximum atomic E-state index is 5.78. The van der Waals surface area contributed by atoms with Crippen molar-refractivity contribution in [2.75, 3.05) is 0 Å². The zero-order valence-corrected chi connectivity index (χ0v) is 14.5. The summed E-state index contributed by atoms with van der Waals surface area (Å²) in [5.74, 6) is 1.23. The number of rotatable bonds is 6. The van der Waals surface area contributed by atoms with E-state index in [9.17, 15) is 0 Å². The van der Waals surface area contributed by atoms with Crippen molar-refractivity contribution in [1.82, 2.24) is 9.97 Å². The minimum absolute atomic E-state index is 0.430. The second-order valence-electron chi connectivity index (χ2n) is 5.87. The number of hydrogen-bond donors (Lipinski definition) is 0. The van der Waals surface area contributed by atoms with Crippen molar-refractivity contribution in [2.45, 2.75) is 6.61 Å². The number of nitrogens with zero attached hydrogens (tertiary/aromatic N) is 3. The summed E-state index contributed by atoms with van der Waals surface area (Å²) < 4.78 is 5.78. The molecule has 0 N–H and O–H groups in total. The molecule has 0 saturated heterocycles. The Kier molecular flexibility index (Phi) is 5.02. The van der Waals surface area contributed by atoms with Crippen molar-refractivity contribution in [3.8, 4) is 11.6 Å². The molecule has 27 heavy (non-hydrogen) atoms. The molecule has 0 radical (unpaired) electrons. The van der Waals surface area contributed by atoms with Gasteiger partial charge < -0.3 is 9.57 Å². The van der Waals surface area contributed by atoms with Crippen molar-refractivity contribution in [3.05, 3.63) is 96.3 Å². The first-order valence-corrected chi connectivity index (χ1v) is 8.55. The zero-order chi connectivity index (χ0) is 18.3. The molecule has 1 aromatic heterocycles. The number of oxime groups is 1. The molecular weight excluding hydrogens is 338 g/mol. The lowest BCUT2D eigenvalue weighted by Crippen LogP contribution is -1.95. The number of fused-ring (bicyclic) bond motifs is 1. The predicted octanol–water partition coefficient (Wildman–Crippen LogP) is 4.62. The van der Waals surface area contributed by atoms with E-state index in [0.29, 0.717) is 12.5 Å². The van der Waals surface area contributed by atoms with Gasteiger partial charge in [0.1, 0.15) is 18.7 Å². The standard InChI is InChI=1S/C22H17N3O2/c1-2-6-18(7-3-1)15-26-19-12-10-17(11-13-19)14-25-27-22-20-8-4-5-9-21(20)23-16-24-22/h1-14,16H,15H2/b25-14-. The van der Waals surface area contributed by atoms with Gasteiger partial charge in [0.25, 0.3) is 5.88 Å². The van der Waals surface area contributed by atoms with Crippen LogP contribution in [-0.2, 0) is 6.61 Å². The highest BCUT2D eigenvalue weighted by molar-refractivity contribution is 5.83. The number of aromatic nitrogens is 2. The molecule has 0 amide bonds. The van der Waals surface area contributed by atoms with Crippen LogP contribution in [0.25, 0.3) is 10.9 Å². The lowest BCUT2D eigenvalue weighted by molar-refractivity contribution is 0.306. The highest BCUT2D eigenvalue weighted by atomic mass is 16.6. The molecule has 0 fully saturated rings. The summed E-state index contributed by atoms with van der Waals surface area (Å²) in [7, 11) is 0. The molecule has 5 heteroatoms. The molecule has 0 aliphatic carbocycles. The van der Waals surface area contributed by atoms with E-state index in [1.165, 1.54) is 6.33 Å². The largest absolute Gasteiger partial charge is 0.489 e. The molecular formula is C22H17N3O2. The maximum absolute atomic E-state index is 5.78. The Morgan fingerprint density at radius 2 is 1.59 bits per heavy atom. The number of ether oxygens (including phenoxy) is 1. The smallest absolute Gasteiger partial charge is 0.259 e. The summed E-state index contributed by atoms with van der Waals surface area (Å²) in [6, 6.07) is 25.4. The van der Waals surface area contributed by atoms with Crippen LogP contribution in [-0.4, -0.2) is 16.2 Å². The summed E-state index contributed by atoms with van der Waals surface area (Å²) in [6.07, 6.45) is 3.10. The van der Waals surface area contributed by atoms with E-state index >= 15 is 0 Å². The second kappa shape index (κ2) is 8.10. The van der Waals surface area contributed by atoms with Crippen LogP contribution in [0.5, 0.6) is 11.6 Å². The maximum Gasteiger partial charge on any atom is 0.259 e. The fourth-order valence-corrected chi connectivity index (χ4v) is 2.58. The van der Waals surface area contributed by atoms with E-state index in [0.717, 1.165) is 27.8 Å². The molecule has 0 spiro atoms. The van der Waals surface area contributed by atoms with Crippen molar-refractivity contribution in [3.63, 3.8) is 0 Å². The van der Waals surface area contributed by atoms with Crippen molar-refractivity contribution in [2.24, 2.45) is 5.16 Å². The Morgan fingerprint density at radius 1 is 0.815 bits per heavy atom. The Bertz CT molecular complexity index is 1040. The van der Waals surface area contributed by atoms with Crippen molar-refractivity contribution < 1.29 is 9.57 Å². The van der Waals surface area contributed by atoms with Gasteiger partial charge in [-0.1, -0.05) is 47.6 Å². The van der Waals surface area contributed by atoms with Crippen LogP contribution < -0.4 is 9.57 Å². The van der Waals surface area contributed by atoms with Crippen molar-refractivity contribution >= 4 is 17.1 Å². The van der Waals surface area contributed by atoms with Crippen LogP contribution in [0.15, 0.2) is 90.3 Å². The van der Waals surface area contributed by atoms with Crippen molar-refractivity contribution in [1.29, 1.82) is 0 Å². The summed E-state index contributed by atoms with van der Waals surface area (Å²) >= 11 is 0. The molecule has 0 atom stereocenters. The summed E-state index contributed by atoms with van der Waals surface area (Å²) in [5, 5.41) is 4.85. The van der Waals surface area contributed by atoms with Gasteiger partial charge in [0, 0.05) is 0 Å². The van der Waals surface area contributed by atoms with Gasteiger partial charge in [0.15, 0.2) is 0 Å². The fourth-order valence-electron chi connectivity index (χ4n) is 2.58. The highest BCUT2D eigenvalue weighted by Crippen LogP contribution is 2.20. The molecule has 3 aromatic carbocycles. The molecule has 1 heterocycles. The highest BCUT2D eigenvalue weighted by Gasteiger charge is 2.03. The predicted molar refractivity (Wildman–Crippen MR) is 105 cm³/mol. The average Bonchev–Trinajstić information content (AvgIpc) is 2.74. The summed E-state index contributed by atoms with van der Waals surface area (Å²) in [4.78, 5) is 13.8. The molecule has 0 aliphatic rings. The van der Waals surface area contributed by atoms with Crippen LogP contribution in [0.3, 0.4) is 0 Å². The third-order valence-electron chi connectivity index (χ3n) is 3.98. The van der Waals surface area contributed by atoms with Gasteiger partial charge in [-0.2, -0.15) is 4.98 Å². The Labute approximate surface area is 156 Å². The Balaban J connectivity index is 1.38. The summed E-state index contributed by atoms with van der Waals surface area (Å²) in [5.41, 5.74) is 2.85. The first-order chi connectivity index (χ1) is 13.4. The number of para-hydroxylation sites is 1. The molecule has 5 nitrogen and oxygen atoms in total. The van der Waals surface area contributed by atoms with Gasteiger partial charge in [0.2, 0.25) is 0 Å². The molecule has 132 valence electrons. The number of hydrogen-bond acceptors (Lipinski definition) is 5. The minimum Gasteiger partial charge on any atom is -0.489 e. The van der Waals surface area contributed by atoms with Crippen LogP contribution in [0.2, 0.25) is 0 Å². The lowest BCUT2D eigenvalue weighted by Gasteiger charge is -2.06. The third-order valence-corrected chi connectivity index (χ3v) is 3.98. The molecule has 4 rings (SSSR count). The van der Waals surface area contributed by atoms with Crippen LogP contribution in [0.1, 0.15) is 11.1 Å². The third kappa shape index (κ3) is 4.27. The molecule has 0 saturated carbocycles. The van der Waals surface area contributed by atoms with Crippen LogP contribution in [0.4, 0.5) is 0 Å². The minimum atomic E-state index is 0.430. The quantitative estimate of drug-likeness (QED) is 0.374. The van der Waals surface area contributed by atoms with E-state index in [2.05, 4.69) is 15.1 Å². The first-order valence-electron chi connectivity index (χ1n) is 8.55. The first kappa shape index (κ1) is 16.7. The van der Waals surface area contributed by atoms with E-state index in [-0.39, 0.29) is 0 Å². The van der Waals surface area contributed by atoms with Gasteiger partial charge in [-0.05, 0) is 47.5 Å². The van der Waals surface area contributed by atoms with E-state index in [4.69, 9.17) is 9.57 Å². The van der Waals surface area contributed by atoms with Gasteiger partial charge >= 0.3 is 0 Å². The van der Waals surface area contributed by atoms with E-state index in [1.54, 1.807) is 6.21 Å². The molecule has 0 bridgehead atoms. The van der Waals surface area contributed by atoms with Gasteiger partial charge in [-0.3, -0.25) is 0 Å². The fraction of sp³-hybridized carbons (Fsp3) is 0.0455. The summed E-state index contributed by atoms with van der Waals surface area (Å²) in [6.45, 7) is 0.540. The van der Waals surface area contributed by atoms with Crippen LogP contribution in [0, 0.1) is 0 Å². The normalized spacial score (nSPS) is 11.0.